The Labute approximate surface area is 178 Å². The summed E-state index contributed by atoms with van der Waals surface area (Å²) in [5.41, 5.74) is 13.2. The second-order valence-electron chi connectivity index (χ2n) is 8.58. The zero-order valence-electron chi connectivity index (χ0n) is 17.3. The van der Waals surface area contributed by atoms with Gasteiger partial charge in [-0.05, 0) is 75.4 Å². The summed E-state index contributed by atoms with van der Waals surface area (Å²) in [5, 5.41) is 0. The van der Waals surface area contributed by atoms with E-state index in [4.69, 9.17) is 6.58 Å². The van der Waals surface area contributed by atoms with Gasteiger partial charge in [0.25, 0.3) is 0 Å². The van der Waals surface area contributed by atoms with Crippen molar-refractivity contribution in [1.82, 2.24) is 0 Å². The number of allylic oxidation sites excluding steroid dienone is 1. The molecule has 0 heterocycles. The van der Waals surface area contributed by atoms with Crippen molar-refractivity contribution in [2.45, 2.75) is 25.2 Å². The lowest BCUT2D eigenvalue weighted by Gasteiger charge is -2.39. The lowest BCUT2D eigenvalue weighted by Crippen LogP contribution is -2.31. The monoisotopic (exact) mass is 384 g/mol. The summed E-state index contributed by atoms with van der Waals surface area (Å²) in [4.78, 5) is 0. The second kappa shape index (κ2) is 6.31. The van der Waals surface area contributed by atoms with Crippen LogP contribution in [0.2, 0.25) is 0 Å². The molecular weight excluding hydrogens is 360 g/mol. The van der Waals surface area contributed by atoms with Gasteiger partial charge in [-0.2, -0.15) is 0 Å². The number of hydrogen-bond acceptors (Lipinski definition) is 0. The SMILES string of the molecule is C=C1c2ccccc2CCc2c(C)cccc2C12c1ccccc1-c1ccccc12. The van der Waals surface area contributed by atoms with E-state index >= 15 is 0 Å². The zero-order chi connectivity index (χ0) is 20.3. The van der Waals surface area contributed by atoms with E-state index in [0.717, 1.165) is 12.8 Å². The van der Waals surface area contributed by atoms with Crippen molar-refractivity contribution in [3.63, 3.8) is 0 Å². The molecule has 0 radical (unpaired) electrons. The molecule has 0 fully saturated rings. The Morgan fingerprint density at radius 1 is 0.600 bits per heavy atom. The number of hydrogen-bond donors (Lipinski definition) is 0. The van der Waals surface area contributed by atoms with Crippen molar-refractivity contribution in [2.24, 2.45) is 0 Å². The minimum Gasteiger partial charge on any atom is -0.0936 e. The van der Waals surface area contributed by atoms with Gasteiger partial charge in [0.05, 0.1) is 5.41 Å². The molecule has 1 spiro atoms. The third-order valence-corrected chi connectivity index (χ3v) is 7.21. The van der Waals surface area contributed by atoms with Crippen LogP contribution in [0.5, 0.6) is 0 Å². The highest BCUT2D eigenvalue weighted by molar-refractivity contribution is 5.96. The second-order valence-corrected chi connectivity index (χ2v) is 8.58. The summed E-state index contributed by atoms with van der Waals surface area (Å²) < 4.78 is 0. The molecule has 0 heteroatoms. The molecule has 0 N–H and O–H groups in total. The standard InChI is InChI=1S/C30H24/c1-20-10-9-17-27-23(20)19-18-22-11-3-4-12-24(22)21(2)30(27)28-15-7-5-13-25(28)26-14-6-8-16-29(26)30/h3-17H,2,18-19H2,1H3. The van der Waals surface area contributed by atoms with Gasteiger partial charge in [0.15, 0.2) is 0 Å². The first-order valence-corrected chi connectivity index (χ1v) is 10.8. The molecule has 0 unspecified atom stereocenters. The fourth-order valence-corrected chi connectivity index (χ4v) is 5.89. The van der Waals surface area contributed by atoms with E-state index in [1.807, 2.05) is 0 Å². The van der Waals surface area contributed by atoms with Crippen LogP contribution in [0.4, 0.5) is 0 Å². The molecule has 0 bridgehead atoms. The molecule has 6 rings (SSSR count). The number of aryl methyl sites for hydroxylation is 2. The Morgan fingerprint density at radius 3 is 1.87 bits per heavy atom. The van der Waals surface area contributed by atoms with E-state index in [1.165, 1.54) is 55.6 Å². The van der Waals surface area contributed by atoms with Gasteiger partial charge in [0.2, 0.25) is 0 Å². The summed E-state index contributed by atoms with van der Waals surface area (Å²) in [6, 6.07) is 33.6. The number of rotatable bonds is 0. The molecule has 4 aromatic rings. The maximum Gasteiger partial charge on any atom is 0.0716 e. The first-order valence-electron chi connectivity index (χ1n) is 10.8. The van der Waals surface area contributed by atoms with Crippen LogP contribution < -0.4 is 0 Å². The van der Waals surface area contributed by atoms with Crippen LogP contribution in [0.3, 0.4) is 0 Å². The third kappa shape index (κ3) is 2.11. The zero-order valence-corrected chi connectivity index (χ0v) is 17.3. The van der Waals surface area contributed by atoms with Crippen LogP contribution in [-0.2, 0) is 18.3 Å². The van der Waals surface area contributed by atoms with E-state index in [0.29, 0.717) is 0 Å². The van der Waals surface area contributed by atoms with Crippen LogP contribution in [0.15, 0.2) is 97.6 Å². The Morgan fingerprint density at radius 2 is 1.17 bits per heavy atom. The predicted molar refractivity (Wildman–Crippen MR) is 126 cm³/mol. The van der Waals surface area contributed by atoms with Gasteiger partial charge < -0.3 is 0 Å². The first kappa shape index (κ1) is 17.5. The van der Waals surface area contributed by atoms with Crippen molar-refractivity contribution in [1.29, 1.82) is 0 Å². The highest BCUT2D eigenvalue weighted by Crippen LogP contribution is 2.59. The van der Waals surface area contributed by atoms with Crippen LogP contribution in [0, 0.1) is 6.92 Å². The van der Waals surface area contributed by atoms with Crippen molar-refractivity contribution < 1.29 is 0 Å². The summed E-state index contributed by atoms with van der Waals surface area (Å²) >= 11 is 0. The molecule has 0 aromatic heterocycles. The molecule has 0 saturated carbocycles. The maximum atomic E-state index is 4.82. The Kier molecular flexibility index (Phi) is 3.67. The fraction of sp³-hybridized carbons (Fsp3) is 0.133. The minimum absolute atomic E-state index is 0.356. The van der Waals surface area contributed by atoms with Gasteiger partial charge in [-0.1, -0.05) is 97.6 Å². The molecule has 0 aliphatic heterocycles. The van der Waals surface area contributed by atoms with Crippen LogP contribution in [0.25, 0.3) is 16.7 Å². The Balaban J connectivity index is 1.82. The van der Waals surface area contributed by atoms with Gasteiger partial charge in [-0.15, -0.1) is 0 Å². The highest BCUT2D eigenvalue weighted by atomic mass is 14.5. The third-order valence-electron chi connectivity index (χ3n) is 7.21. The van der Waals surface area contributed by atoms with Crippen molar-refractivity contribution in [2.75, 3.05) is 0 Å². The van der Waals surface area contributed by atoms with Crippen LogP contribution in [-0.4, -0.2) is 0 Å². The Bertz CT molecular complexity index is 1280. The molecule has 144 valence electrons. The lowest BCUT2D eigenvalue weighted by molar-refractivity contribution is 0.778. The molecular formula is C30H24. The van der Waals surface area contributed by atoms with Crippen molar-refractivity contribution in [3.05, 3.63) is 137 Å². The van der Waals surface area contributed by atoms with Gasteiger partial charge in [0, 0.05) is 0 Å². The van der Waals surface area contributed by atoms with Crippen LogP contribution >= 0.6 is 0 Å². The summed E-state index contributed by atoms with van der Waals surface area (Å²) in [6.07, 6.45) is 2.10. The predicted octanol–water partition coefficient (Wildman–Crippen LogP) is 7.12. The van der Waals surface area contributed by atoms with E-state index < -0.39 is 0 Å². The highest BCUT2D eigenvalue weighted by Gasteiger charge is 2.48. The van der Waals surface area contributed by atoms with Gasteiger partial charge >= 0.3 is 0 Å². The summed E-state index contributed by atoms with van der Waals surface area (Å²) in [7, 11) is 0. The lowest BCUT2D eigenvalue weighted by atomic mass is 9.62. The smallest absolute Gasteiger partial charge is 0.0716 e. The average Bonchev–Trinajstić information content (AvgIpc) is 3.09. The molecule has 4 aromatic carbocycles. The summed E-state index contributed by atoms with van der Waals surface area (Å²) in [5.74, 6) is 0. The largest absolute Gasteiger partial charge is 0.0936 e. The first-order chi connectivity index (χ1) is 14.7. The molecule has 2 aliphatic rings. The Hall–Kier alpha value is -3.38. The molecule has 30 heavy (non-hydrogen) atoms. The fourth-order valence-electron chi connectivity index (χ4n) is 5.89. The summed E-state index contributed by atoms with van der Waals surface area (Å²) in [6.45, 7) is 7.08. The molecule has 0 nitrogen and oxygen atoms in total. The average molecular weight is 385 g/mol. The number of fused-ring (bicyclic) bond motifs is 8. The van der Waals surface area contributed by atoms with Crippen LogP contribution in [0.1, 0.15) is 38.9 Å². The molecule has 0 saturated heterocycles. The number of benzene rings is 4. The van der Waals surface area contributed by atoms with E-state index in [1.54, 1.807) is 0 Å². The van der Waals surface area contributed by atoms with Gasteiger partial charge in [0.1, 0.15) is 0 Å². The normalized spacial score (nSPS) is 15.6. The van der Waals surface area contributed by atoms with E-state index in [-0.39, 0.29) is 5.41 Å². The molecule has 0 atom stereocenters. The maximum absolute atomic E-state index is 4.82. The molecule has 2 aliphatic carbocycles. The van der Waals surface area contributed by atoms with Crippen molar-refractivity contribution >= 4 is 5.57 Å². The van der Waals surface area contributed by atoms with Crippen molar-refractivity contribution in [3.8, 4) is 11.1 Å². The van der Waals surface area contributed by atoms with Gasteiger partial charge in [-0.3, -0.25) is 0 Å². The molecule has 0 amide bonds. The van der Waals surface area contributed by atoms with Gasteiger partial charge in [-0.25, -0.2) is 0 Å². The topological polar surface area (TPSA) is 0 Å². The van der Waals surface area contributed by atoms with E-state index in [2.05, 4.69) is 97.9 Å². The van der Waals surface area contributed by atoms with E-state index in [9.17, 15) is 0 Å². The minimum atomic E-state index is -0.356. The quantitative estimate of drug-likeness (QED) is 0.303.